The van der Waals surface area contributed by atoms with Crippen LogP contribution in [0.4, 0.5) is 0 Å². The van der Waals surface area contributed by atoms with Gasteiger partial charge >= 0.3 is 0 Å². The zero-order valence-corrected chi connectivity index (χ0v) is 14.6. The predicted molar refractivity (Wildman–Crippen MR) is 86.0 cm³/mol. The van der Waals surface area contributed by atoms with Crippen LogP contribution in [0.5, 0.6) is 0 Å². The van der Waals surface area contributed by atoms with Crippen molar-refractivity contribution in [1.29, 1.82) is 0 Å². The third-order valence-electron chi connectivity index (χ3n) is 4.25. The van der Waals surface area contributed by atoms with E-state index in [0.29, 0.717) is 18.8 Å². The van der Waals surface area contributed by atoms with Crippen molar-refractivity contribution in [3.05, 3.63) is 0 Å². The van der Waals surface area contributed by atoms with Gasteiger partial charge in [-0.1, -0.05) is 0 Å². The molecule has 2 aliphatic heterocycles. The molecule has 0 radical (unpaired) electrons. The topological polar surface area (TPSA) is 53.0 Å². The Labute approximate surface area is 131 Å². The van der Waals surface area contributed by atoms with Crippen LogP contribution in [0.3, 0.4) is 0 Å². The van der Waals surface area contributed by atoms with Gasteiger partial charge in [0.15, 0.2) is 0 Å². The number of nitrogens with zero attached hydrogens (tertiary/aromatic N) is 2. The lowest BCUT2D eigenvalue weighted by atomic mass is 10.1. The molecule has 0 aliphatic carbocycles. The summed E-state index contributed by atoms with van der Waals surface area (Å²) < 4.78 is 17.5. The highest BCUT2D eigenvalue weighted by molar-refractivity contribution is 7.86. The van der Waals surface area contributed by atoms with Gasteiger partial charge in [0.25, 0.3) is 0 Å². The van der Waals surface area contributed by atoms with Gasteiger partial charge in [0.1, 0.15) is 0 Å². The Kier molecular flexibility index (Phi) is 5.82. The lowest BCUT2D eigenvalue weighted by Crippen LogP contribution is -2.54. The van der Waals surface area contributed by atoms with Crippen LogP contribution in [0.15, 0.2) is 0 Å². The Hall–Kier alpha value is -0.0100. The van der Waals surface area contributed by atoms with E-state index in [1.807, 2.05) is 13.8 Å². The molecule has 0 saturated carbocycles. The Morgan fingerprint density at radius 1 is 1.24 bits per heavy atom. The van der Waals surface area contributed by atoms with E-state index in [9.17, 15) is 9.32 Å². The van der Waals surface area contributed by atoms with Gasteiger partial charge in [0.05, 0.1) is 23.1 Å². The van der Waals surface area contributed by atoms with Crippen LogP contribution in [0, 0.1) is 0 Å². The monoisotopic (exact) mass is 318 g/mol. The minimum absolute atomic E-state index is 0.167. The number of morpholine rings is 1. The van der Waals surface area contributed by atoms with Gasteiger partial charge in [-0.3, -0.25) is 14.0 Å². The molecule has 6 heteroatoms. The van der Waals surface area contributed by atoms with E-state index in [1.165, 1.54) is 0 Å². The average Bonchev–Trinajstić information content (AvgIpc) is 2.32. The number of hydrogen-bond acceptors (Lipinski definition) is 5. The fourth-order valence-electron chi connectivity index (χ4n) is 3.42. The third kappa shape index (κ3) is 4.99. The van der Waals surface area contributed by atoms with E-state index in [-0.39, 0.29) is 23.1 Å². The lowest BCUT2D eigenvalue weighted by molar-refractivity contribution is -0.0780. The van der Waals surface area contributed by atoms with Gasteiger partial charge in [-0.15, -0.1) is 0 Å². The molecule has 2 heterocycles. The summed E-state index contributed by atoms with van der Waals surface area (Å²) in [5.74, 6) is 0.714. The molecular formula is C15H30N2O3S. The van der Waals surface area contributed by atoms with Gasteiger partial charge in [-0.05, 0) is 27.7 Å². The first-order valence-corrected chi connectivity index (χ1v) is 9.25. The molecule has 2 aliphatic rings. The molecule has 5 nitrogen and oxygen atoms in total. The van der Waals surface area contributed by atoms with E-state index in [0.717, 1.165) is 26.2 Å². The molecule has 0 aromatic heterocycles. The maximum absolute atomic E-state index is 11.9. The first kappa shape index (κ1) is 17.3. The molecule has 21 heavy (non-hydrogen) atoms. The molecule has 0 amide bonds. The first-order chi connectivity index (χ1) is 9.76. The second-order valence-electron chi connectivity index (χ2n) is 7.17. The normalized spacial score (nSPS) is 36.5. The maximum atomic E-state index is 11.9. The first-order valence-electron chi connectivity index (χ1n) is 7.93. The summed E-state index contributed by atoms with van der Waals surface area (Å²) in [6.45, 7) is 13.0. The van der Waals surface area contributed by atoms with E-state index in [2.05, 4.69) is 23.6 Å². The maximum Gasteiger partial charge on any atom is 0.0793 e. The molecule has 4 unspecified atom stereocenters. The van der Waals surface area contributed by atoms with E-state index < -0.39 is 10.8 Å². The second kappa shape index (κ2) is 7.04. The Morgan fingerprint density at radius 2 is 1.81 bits per heavy atom. The van der Waals surface area contributed by atoms with Gasteiger partial charge in [0.2, 0.25) is 0 Å². The number of β-amino-alcohol motifs (C(OH)–C–C–N with tert-alkyl or cyclic N) is 1. The number of aliphatic hydroxyl groups excluding tert-OH is 1. The highest BCUT2D eigenvalue weighted by Gasteiger charge is 2.34. The van der Waals surface area contributed by atoms with E-state index in [1.54, 1.807) is 0 Å². The Balaban J connectivity index is 1.79. The molecule has 1 N–H and O–H groups in total. The molecule has 0 aromatic rings. The predicted octanol–water partition coefficient (Wildman–Crippen LogP) is 0.299. The summed E-state index contributed by atoms with van der Waals surface area (Å²) in [5.41, 5.74) is 0. The zero-order valence-electron chi connectivity index (χ0n) is 13.7. The largest absolute Gasteiger partial charge is 0.390 e. The standard InChI is InChI=1S/C15H30N2O3S/c1-12-7-17(8-13(2)20-12)10-14(18)9-16-5-6-21(19)15(3,4)11-16/h12-14,18H,5-11H2,1-4H3. The molecule has 4 atom stereocenters. The second-order valence-corrected chi connectivity index (χ2v) is 9.38. The van der Waals surface area contributed by atoms with Gasteiger partial charge in [0, 0.05) is 55.8 Å². The number of aliphatic hydroxyl groups is 1. The van der Waals surface area contributed by atoms with Crippen molar-refractivity contribution in [3.63, 3.8) is 0 Å². The van der Waals surface area contributed by atoms with Crippen LogP contribution < -0.4 is 0 Å². The van der Waals surface area contributed by atoms with E-state index in [4.69, 9.17) is 4.74 Å². The van der Waals surface area contributed by atoms with Crippen molar-refractivity contribution in [1.82, 2.24) is 9.80 Å². The molecular weight excluding hydrogens is 288 g/mol. The number of rotatable bonds is 4. The Bertz CT molecular complexity index is 368. The van der Waals surface area contributed by atoms with Gasteiger partial charge in [-0.25, -0.2) is 0 Å². The van der Waals surface area contributed by atoms with Crippen molar-refractivity contribution in [2.45, 2.75) is 50.8 Å². The summed E-state index contributed by atoms with van der Waals surface area (Å²) in [6, 6.07) is 0. The Morgan fingerprint density at radius 3 is 2.38 bits per heavy atom. The molecule has 124 valence electrons. The minimum Gasteiger partial charge on any atom is -0.390 e. The summed E-state index contributed by atoms with van der Waals surface area (Å²) in [4.78, 5) is 4.54. The van der Waals surface area contributed by atoms with Crippen molar-refractivity contribution in [2.75, 3.05) is 45.0 Å². The van der Waals surface area contributed by atoms with Gasteiger partial charge in [-0.2, -0.15) is 0 Å². The smallest absolute Gasteiger partial charge is 0.0793 e. The fraction of sp³-hybridized carbons (Fsp3) is 1.00. The lowest BCUT2D eigenvalue weighted by Gasteiger charge is -2.40. The van der Waals surface area contributed by atoms with Crippen LogP contribution in [0.2, 0.25) is 0 Å². The fourth-order valence-corrected chi connectivity index (χ4v) is 4.72. The van der Waals surface area contributed by atoms with E-state index >= 15 is 0 Å². The zero-order chi connectivity index (χ0) is 15.6. The molecule has 0 bridgehead atoms. The molecule has 0 spiro atoms. The molecule has 2 fully saturated rings. The highest BCUT2D eigenvalue weighted by atomic mass is 32.2. The SMILES string of the molecule is CC1CN(CC(O)CN2CCS(=O)C(C)(C)C2)CC(C)O1. The number of hydrogen-bond donors (Lipinski definition) is 1. The van der Waals surface area contributed by atoms with Crippen LogP contribution in [-0.2, 0) is 15.5 Å². The van der Waals surface area contributed by atoms with Crippen LogP contribution in [0.1, 0.15) is 27.7 Å². The summed E-state index contributed by atoms with van der Waals surface area (Å²) >= 11 is 0. The average molecular weight is 318 g/mol. The summed E-state index contributed by atoms with van der Waals surface area (Å²) in [6.07, 6.45) is 0.111. The molecule has 0 aromatic carbocycles. The van der Waals surface area contributed by atoms with Gasteiger partial charge < -0.3 is 9.84 Å². The molecule has 2 rings (SSSR count). The van der Waals surface area contributed by atoms with Crippen LogP contribution in [0.25, 0.3) is 0 Å². The number of ether oxygens (including phenoxy) is 1. The van der Waals surface area contributed by atoms with Crippen molar-refractivity contribution in [2.24, 2.45) is 0 Å². The molecule has 2 saturated heterocycles. The van der Waals surface area contributed by atoms with Crippen molar-refractivity contribution >= 4 is 10.8 Å². The van der Waals surface area contributed by atoms with Crippen LogP contribution in [-0.4, -0.2) is 87.2 Å². The van der Waals surface area contributed by atoms with Crippen molar-refractivity contribution in [3.8, 4) is 0 Å². The quantitative estimate of drug-likeness (QED) is 0.808. The summed E-state index contributed by atoms with van der Waals surface area (Å²) in [7, 11) is -0.752. The summed E-state index contributed by atoms with van der Waals surface area (Å²) in [5, 5.41) is 10.4. The highest BCUT2D eigenvalue weighted by Crippen LogP contribution is 2.20. The van der Waals surface area contributed by atoms with Crippen LogP contribution >= 0.6 is 0 Å². The minimum atomic E-state index is -0.752. The third-order valence-corrected chi connectivity index (χ3v) is 6.16. The van der Waals surface area contributed by atoms with Crippen molar-refractivity contribution < 1.29 is 14.1 Å².